The number of carbonyl (C=O) groups is 1. The van der Waals surface area contributed by atoms with E-state index in [4.69, 9.17) is 4.74 Å². The van der Waals surface area contributed by atoms with Gasteiger partial charge in [0.05, 0.1) is 17.7 Å². The summed E-state index contributed by atoms with van der Waals surface area (Å²) in [7, 11) is 3.40. The van der Waals surface area contributed by atoms with Crippen molar-refractivity contribution in [3.8, 4) is 11.4 Å². The second kappa shape index (κ2) is 7.78. The molecule has 3 aromatic rings. The largest absolute Gasteiger partial charge is 0.497 e. The molecular weight excluding hydrogens is 370 g/mol. The molecule has 1 amide bonds. The van der Waals surface area contributed by atoms with Gasteiger partial charge in [-0.25, -0.2) is 4.99 Å². The van der Waals surface area contributed by atoms with Crippen LogP contribution < -0.4 is 4.74 Å². The first-order chi connectivity index (χ1) is 13.7. The van der Waals surface area contributed by atoms with E-state index in [9.17, 15) is 4.79 Å². The number of carbonyl (C=O) groups excluding carboxylic acids is 1. The lowest BCUT2D eigenvalue weighted by Gasteiger charge is -2.08. The van der Waals surface area contributed by atoms with Crippen LogP contribution in [-0.2, 0) is 4.79 Å². The summed E-state index contributed by atoms with van der Waals surface area (Å²) in [5.41, 5.74) is 2.75. The number of rotatable bonds is 4. The lowest BCUT2D eigenvalue weighted by Crippen LogP contribution is -2.23. The summed E-state index contributed by atoms with van der Waals surface area (Å²) in [6.45, 7) is 0. The Morgan fingerprint density at radius 3 is 2.46 bits per heavy atom. The molecular formula is C22H19N3O2S. The molecule has 0 unspecified atom stereocenters. The van der Waals surface area contributed by atoms with Gasteiger partial charge >= 0.3 is 0 Å². The normalized spacial score (nSPS) is 16.9. The van der Waals surface area contributed by atoms with Crippen LogP contribution in [0.25, 0.3) is 11.8 Å². The number of hydrogen-bond donors (Lipinski definition) is 0. The first kappa shape index (κ1) is 18.1. The molecule has 4 rings (SSSR count). The number of likely N-dealkylation sites (N-methyl/N-ethyl adjacent to an activating group) is 1. The van der Waals surface area contributed by atoms with Crippen molar-refractivity contribution in [3.63, 3.8) is 0 Å². The highest BCUT2D eigenvalue weighted by atomic mass is 32.2. The third-order valence-electron chi connectivity index (χ3n) is 4.39. The van der Waals surface area contributed by atoms with E-state index < -0.39 is 0 Å². The summed E-state index contributed by atoms with van der Waals surface area (Å²) in [6.07, 6.45) is 3.88. The Balaban J connectivity index is 1.64. The lowest BCUT2D eigenvalue weighted by molar-refractivity contribution is -0.121. The number of hydrogen-bond acceptors (Lipinski definition) is 4. The number of nitrogens with zero attached hydrogens (tertiary/aromatic N) is 3. The monoisotopic (exact) mass is 389 g/mol. The molecule has 140 valence electrons. The van der Waals surface area contributed by atoms with Crippen LogP contribution in [0.2, 0.25) is 0 Å². The fourth-order valence-corrected chi connectivity index (χ4v) is 3.86. The van der Waals surface area contributed by atoms with Gasteiger partial charge in [-0.1, -0.05) is 18.2 Å². The second-order valence-corrected chi connectivity index (χ2v) is 7.21. The summed E-state index contributed by atoms with van der Waals surface area (Å²) >= 11 is 1.38. The van der Waals surface area contributed by atoms with Gasteiger partial charge in [0.15, 0.2) is 5.17 Å². The number of methoxy groups -OCH3 is 1. The maximum Gasteiger partial charge on any atom is 0.266 e. The van der Waals surface area contributed by atoms with E-state index >= 15 is 0 Å². The molecule has 1 saturated heterocycles. The molecule has 2 aromatic carbocycles. The van der Waals surface area contributed by atoms with Gasteiger partial charge in [0.2, 0.25) is 0 Å². The highest BCUT2D eigenvalue weighted by molar-refractivity contribution is 8.18. The fourth-order valence-electron chi connectivity index (χ4n) is 2.89. The topological polar surface area (TPSA) is 46.8 Å². The van der Waals surface area contributed by atoms with E-state index in [-0.39, 0.29) is 5.91 Å². The number of thioether (sulfide) groups is 1. The van der Waals surface area contributed by atoms with Gasteiger partial charge in [0.1, 0.15) is 5.75 Å². The quantitative estimate of drug-likeness (QED) is 0.607. The van der Waals surface area contributed by atoms with Gasteiger partial charge in [-0.15, -0.1) is 0 Å². The highest BCUT2D eigenvalue weighted by Crippen LogP contribution is 2.33. The standard InChI is InChI=1S/C22H19N3O2S/c1-24-21(26)20(28-22(24)23-16-7-4-3-5-8-16)15-18-9-6-14-25(18)17-10-12-19(27-2)13-11-17/h3-15H,1-2H3/b20-15-,23-22?. The first-order valence-electron chi connectivity index (χ1n) is 8.79. The van der Waals surface area contributed by atoms with Crippen LogP contribution in [0, 0.1) is 0 Å². The van der Waals surface area contributed by atoms with Crippen LogP contribution in [0.5, 0.6) is 5.75 Å². The summed E-state index contributed by atoms with van der Waals surface area (Å²) in [6, 6.07) is 21.4. The summed E-state index contributed by atoms with van der Waals surface area (Å²) in [5.74, 6) is 0.753. The molecule has 0 atom stereocenters. The molecule has 2 heterocycles. The zero-order valence-electron chi connectivity index (χ0n) is 15.6. The Kier molecular flexibility index (Phi) is 5.04. The Morgan fingerprint density at radius 2 is 1.75 bits per heavy atom. The molecule has 0 aliphatic carbocycles. The minimum atomic E-state index is -0.0536. The average Bonchev–Trinajstić information content (AvgIpc) is 3.30. The van der Waals surface area contributed by atoms with Crippen LogP contribution in [0.15, 0.2) is 82.8 Å². The zero-order valence-corrected chi connectivity index (χ0v) is 16.4. The summed E-state index contributed by atoms with van der Waals surface area (Å²) in [4.78, 5) is 19.5. The Morgan fingerprint density at radius 1 is 1.00 bits per heavy atom. The predicted molar refractivity (Wildman–Crippen MR) is 114 cm³/mol. The lowest BCUT2D eigenvalue weighted by atomic mass is 10.3. The number of amides is 1. The minimum Gasteiger partial charge on any atom is -0.497 e. The summed E-state index contributed by atoms with van der Waals surface area (Å²) < 4.78 is 7.26. The van der Waals surface area contributed by atoms with Gasteiger partial charge < -0.3 is 9.30 Å². The number of benzene rings is 2. The van der Waals surface area contributed by atoms with E-state index in [1.54, 1.807) is 19.1 Å². The maximum absolute atomic E-state index is 12.7. The van der Waals surface area contributed by atoms with Gasteiger partial charge in [-0.3, -0.25) is 9.69 Å². The van der Waals surface area contributed by atoms with Crippen LogP contribution >= 0.6 is 11.8 Å². The minimum absolute atomic E-state index is 0.0536. The Labute approximate surface area is 168 Å². The molecule has 0 bridgehead atoms. The van der Waals surface area contributed by atoms with Gasteiger partial charge in [0, 0.05) is 24.6 Å². The molecule has 0 spiro atoms. The van der Waals surface area contributed by atoms with E-state index in [1.165, 1.54) is 11.8 Å². The van der Waals surface area contributed by atoms with Crippen molar-refractivity contribution in [2.24, 2.45) is 4.99 Å². The number of amidine groups is 1. The average molecular weight is 389 g/mol. The van der Waals surface area contributed by atoms with Gasteiger partial charge in [0.25, 0.3) is 5.91 Å². The van der Waals surface area contributed by atoms with Crippen molar-refractivity contribution < 1.29 is 9.53 Å². The van der Waals surface area contributed by atoms with Crippen LogP contribution in [-0.4, -0.2) is 34.7 Å². The Bertz CT molecular complexity index is 1050. The molecule has 0 saturated carbocycles. The third-order valence-corrected chi connectivity index (χ3v) is 5.45. The first-order valence-corrected chi connectivity index (χ1v) is 9.60. The molecule has 1 aromatic heterocycles. The van der Waals surface area contributed by atoms with Gasteiger partial charge in [-0.2, -0.15) is 0 Å². The van der Waals surface area contributed by atoms with Gasteiger partial charge in [-0.05, 0) is 66.4 Å². The molecule has 1 aliphatic heterocycles. The molecule has 1 aliphatic rings. The molecule has 28 heavy (non-hydrogen) atoms. The van der Waals surface area contributed by atoms with E-state index in [1.807, 2.05) is 83.6 Å². The van der Waals surface area contributed by atoms with Crippen molar-refractivity contribution >= 4 is 34.6 Å². The molecule has 5 nitrogen and oxygen atoms in total. The van der Waals surface area contributed by atoms with E-state index in [0.29, 0.717) is 10.1 Å². The smallest absolute Gasteiger partial charge is 0.266 e. The number of aromatic nitrogens is 1. The third kappa shape index (κ3) is 3.59. The van der Waals surface area contributed by atoms with Crippen molar-refractivity contribution in [1.29, 1.82) is 0 Å². The van der Waals surface area contributed by atoms with Crippen molar-refractivity contribution in [2.75, 3.05) is 14.2 Å². The van der Waals surface area contributed by atoms with Crippen LogP contribution in [0.3, 0.4) is 0 Å². The van der Waals surface area contributed by atoms with E-state index in [0.717, 1.165) is 22.8 Å². The van der Waals surface area contributed by atoms with E-state index in [2.05, 4.69) is 4.99 Å². The van der Waals surface area contributed by atoms with Crippen molar-refractivity contribution in [1.82, 2.24) is 9.47 Å². The SMILES string of the molecule is COc1ccc(-n2cccc2/C=C2\SC(=Nc3ccccc3)N(C)C2=O)cc1. The zero-order chi connectivity index (χ0) is 19.5. The molecule has 0 radical (unpaired) electrons. The van der Waals surface area contributed by atoms with Crippen molar-refractivity contribution in [2.45, 2.75) is 0 Å². The Hall–Kier alpha value is -3.25. The second-order valence-electron chi connectivity index (χ2n) is 6.21. The number of ether oxygens (including phenoxy) is 1. The fraction of sp³-hybridized carbons (Fsp3) is 0.0909. The maximum atomic E-state index is 12.7. The molecule has 0 N–H and O–H groups in total. The van der Waals surface area contributed by atoms with Crippen LogP contribution in [0.1, 0.15) is 5.69 Å². The van der Waals surface area contributed by atoms with Crippen molar-refractivity contribution in [3.05, 3.63) is 83.5 Å². The summed E-state index contributed by atoms with van der Waals surface area (Å²) in [5, 5.41) is 0.671. The molecule has 6 heteroatoms. The highest BCUT2D eigenvalue weighted by Gasteiger charge is 2.30. The number of aliphatic imine (C=N–C) groups is 1. The van der Waals surface area contributed by atoms with Crippen LogP contribution in [0.4, 0.5) is 5.69 Å². The number of para-hydroxylation sites is 1. The predicted octanol–water partition coefficient (Wildman–Crippen LogP) is 4.72. The molecule has 1 fully saturated rings.